The van der Waals surface area contributed by atoms with E-state index in [1.54, 1.807) is 11.3 Å². The summed E-state index contributed by atoms with van der Waals surface area (Å²) < 4.78 is 12.3. The summed E-state index contributed by atoms with van der Waals surface area (Å²) in [7, 11) is -0.752. The smallest absolute Gasteiger partial charge is 0.138 e. The fourth-order valence-electron chi connectivity index (χ4n) is 3.13. The van der Waals surface area contributed by atoms with Gasteiger partial charge in [0.2, 0.25) is 0 Å². The van der Waals surface area contributed by atoms with Gasteiger partial charge in [-0.1, -0.05) is 26.7 Å². The Balaban J connectivity index is 1.90. The first-order valence-electron chi connectivity index (χ1n) is 8.10. The van der Waals surface area contributed by atoms with Crippen molar-refractivity contribution < 1.29 is 4.21 Å². The molecule has 0 bridgehead atoms. The fourth-order valence-corrected chi connectivity index (χ4v) is 5.35. The molecule has 2 aromatic heterocycles. The van der Waals surface area contributed by atoms with Gasteiger partial charge in [0, 0.05) is 29.0 Å². The topological polar surface area (TPSA) is 54.9 Å². The van der Waals surface area contributed by atoms with Gasteiger partial charge in [0.25, 0.3) is 0 Å². The molecule has 120 valence electrons. The van der Waals surface area contributed by atoms with E-state index in [1.807, 2.05) is 6.92 Å². The predicted molar refractivity (Wildman–Crippen MR) is 95.1 cm³/mol. The lowest BCUT2D eigenvalue weighted by atomic mass is 9.95. The van der Waals surface area contributed by atoms with Crippen molar-refractivity contribution in [2.45, 2.75) is 57.2 Å². The van der Waals surface area contributed by atoms with Gasteiger partial charge < -0.3 is 5.32 Å². The van der Waals surface area contributed by atoms with Gasteiger partial charge in [-0.3, -0.25) is 4.21 Å². The minimum absolute atomic E-state index is 0.243. The van der Waals surface area contributed by atoms with Crippen LogP contribution in [0.3, 0.4) is 0 Å². The third kappa shape index (κ3) is 3.18. The molecule has 3 unspecified atom stereocenters. The molecule has 0 saturated heterocycles. The van der Waals surface area contributed by atoms with Crippen molar-refractivity contribution in [3.05, 3.63) is 17.3 Å². The van der Waals surface area contributed by atoms with Gasteiger partial charge in [0.1, 0.15) is 16.5 Å². The molecule has 4 nitrogen and oxygen atoms in total. The summed E-state index contributed by atoms with van der Waals surface area (Å²) in [6.45, 7) is 4.09. The van der Waals surface area contributed by atoms with E-state index in [-0.39, 0.29) is 11.3 Å². The number of nitrogens with one attached hydrogen (secondary N) is 1. The molecular formula is C16H23N3OS2. The van der Waals surface area contributed by atoms with Gasteiger partial charge in [-0.2, -0.15) is 0 Å². The number of fused-ring (bicyclic) bond motifs is 1. The molecule has 0 aromatic carbocycles. The Kier molecular flexibility index (Phi) is 5.08. The molecule has 3 atom stereocenters. The van der Waals surface area contributed by atoms with Crippen LogP contribution in [0.15, 0.2) is 11.4 Å². The summed E-state index contributed by atoms with van der Waals surface area (Å²) in [6.07, 6.45) is 5.35. The van der Waals surface area contributed by atoms with E-state index in [2.05, 4.69) is 28.7 Å². The highest BCUT2D eigenvalue weighted by Gasteiger charge is 2.29. The minimum atomic E-state index is -0.752. The summed E-state index contributed by atoms with van der Waals surface area (Å²) in [4.78, 5) is 10.3. The first kappa shape index (κ1) is 15.9. The molecule has 3 rings (SSSR count). The monoisotopic (exact) mass is 337 g/mol. The first-order chi connectivity index (χ1) is 10.7. The number of thiophene rings is 1. The van der Waals surface area contributed by atoms with E-state index in [0.29, 0.717) is 0 Å². The average molecular weight is 338 g/mol. The predicted octanol–water partition coefficient (Wildman–Crippen LogP) is 3.75. The van der Waals surface area contributed by atoms with E-state index in [0.717, 1.165) is 46.9 Å². The van der Waals surface area contributed by atoms with Crippen molar-refractivity contribution in [1.29, 1.82) is 0 Å². The number of anilines is 1. The van der Waals surface area contributed by atoms with Crippen molar-refractivity contribution >= 4 is 38.2 Å². The Morgan fingerprint density at radius 1 is 1.32 bits per heavy atom. The van der Waals surface area contributed by atoms with Gasteiger partial charge in [0.15, 0.2) is 0 Å². The van der Waals surface area contributed by atoms with Gasteiger partial charge in [0.05, 0.1) is 10.6 Å². The number of aryl methyl sites for hydroxylation is 1. The number of hydrogen-bond donors (Lipinski definition) is 1. The summed E-state index contributed by atoms with van der Waals surface area (Å²) in [5.74, 6) is 2.54. The summed E-state index contributed by atoms with van der Waals surface area (Å²) in [5, 5.41) is 7.01. The molecule has 1 saturated carbocycles. The molecule has 2 heterocycles. The molecule has 0 radical (unpaired) electrons. The second-order valence-electron chi connectivity index (χ2n) is 5.72. The Morgan fingerprint density at radius 2 is 2.14 bits per heavy atom. The standard InChI is InChI=1S/C16H23N3OS2/c1-3-14-18-15(11-9-10-21-16(11)19-14)17-12-7-5-6-8-13(12)22(20)4-2/h9-10,12-13H,3-8H2,1-2H3,(H,17,18,19). The molecule has 1 fully saturated rings. The Hall–Kier alpha value is -1.01. The van der Waals surface area contributed by atoms with Crippen LogP contribution in [0.5, 0.6) is 0 Å². The fraction of sp³-hybridized carbons (Fsp3) is 0.625. The van der Waals surface area contributed by atoms with Crippen LogP contribution < -0.4 is 5.32 Å². The first-order valence-corrected chi connectivity index (χ1v) is 10.4. The van der Waals surface area contributed by atoms with E-state index < -0.39 is 10.8 Å². The third-order valence-electron chi connectivity index (χ3n) is 4.33. The zero-order valence-electron chi connectivity index (χ0n) is 13.2. The van der Waals surface area contributed by atoms with Crippen LogP contribution in [0.25, 0.3) is 10.2 Å². The van der Waals surface area contributed by atoms with Gasteiger partial charge in [-0.05, 0) is 24.3 Å². The number of aromatic nitrogens is 2. The zero-order chi connectivity index (χ0) is 15.5. The third-order valence-corrected chi connectivity index (χ3v) is 6.95. The van der Waals surface area contributed by atoms with Crippen molar-refractivity contribution in [3.8, 4) is 0 Å². The molecule has 0 spiro atoms. The molecule has 6 heteroatoms. The Labute approximate surface area is 138 Å². The molecule has 1 aliphatic carbocycles. The minimum Gasteiger partial charge on any atom is -0.365 e. The molecule has 1 N–H and O–H groups in total. The number of rotatable bonds is 5. The van der Waals surface area contributed by atoms with Crippen molar-refractivity contribution in [1.82, 2.24) is 9.97 Å². The van der Waals surface area contributed by atoms with Crippen LogP contribution in [-0.2, 0) is 17.2 Å². The molecule has 2 aromatic rings. The van der Waals surface area contributed by atoms with E-state index in [9.17, 15) is 4.21 Å². The molecule has 0 aliphatic heterocycles. The zero-order valence-corrected chi connectivity index (χ0v) is 14.8. The second kappa shape index (κ2) is 7.04. The summed E-state index contributed by atoms with van der Waals surface area (Å²) in [6, 6.07) is 2.34. The van der Waals surface area contributed by atoms with Crippen LogP contribution in [0, 0.1) is 0 Å². The molecular weight excluding hydrogens is 314 g/mol. The maximum atomic E-state index is 12.3. The summed E-state index contributed by atoms with van der Waals surface area (Å²) in [5.41, 5.74) is 0. The number of nitrogens with zero attached hydrogens (tertiary/aromatic N) is 2. The molecule has 1 aliphatic rings. The molecule has 0 amide bonds. The van der Waals surface area contributed by atoms with Crippen molar-refractivity contribution in [3.63, 3.8) is 0 Å². The Bertz CT molecular complexity index is 670. The van der Waals surface area contributed by atoms with Gasteiger partial charge in [-0.15, -0.1) is 11.3 Å². The lowest BCUT2D eigenvalue weighted by Crippen LogP contribution is -2.40. The highest BCUT2D eigenvalue weighted by atomic mass is 32.2. The lowest BCUT2D eigenvalue weighted by molar-refractivity contribution is 0.465. The van der Waals surface area contributed by atoms with Crippen LogP contribution in [0.1, 0.15) is 45.4 Å². The quantitative estimate of drug-likeness (QED) is 0.903. The van der Waals surface area contributed by atoms with Crippen LogP contribution >= 0.6 is 11.3 Å². The lowest BCUT2D eigenvalue weighted by Gasteiger charge is -2.32. The van der Waals surface area contributed by atoms with Crippen molar-refractivity contribution in [2.24, 2.45) is 0 Å². The van der Waals surface area contributed by atoms with Crippen molar-refractivity contribution in [2.75, 3.05) is 11.1 Å². The van der Waals surface area contributed by atoms with Gasteiger partial charge in [-0.25, -0.2) is 9.97 Å². The molecule has 22 heavy (non-hydrogen) atoms. The van der Waals surface area contributed by atoms with E-state index in [1.165, 1.54) is 12.8 Å². The van der Waals surface area contributed by atoms with E-state index in [4.69, 9.17) is 4.98 Å². The normalized spacial score (nSPS) is 23.5. The van der Waals surface area contributed by atoms with Crippen LogP contribution in [-0.4, -0.2) is 31.2 Å². The van der Waals surface area contributed by atoms with E-state index >= 15 is 0 Å². The highest BCUT2D eigenvalue weighted by molar-refractivity contribution is 7.85. The maximum absolute atomic E-state index is 12.3. The maximum Gasteiger partial charge on any atom is 0.138 e. The second-order valence-corrected chi connectivity index (χ2v) is 8.56. The largest absolute Gasteiger partial charge is 0.365 e. The number of hydrogen-bond acceptors (Lipinski definition) is 5. The van der Waals surface area contributed by atoms with Crippen LogP contribution in [0.4, 0.5) is 5.82 Å². The SMILES string of the molecule is CCc1nc(NC2CCCCC2S(=O)CC)c2ccsc2n1. The summed E-state index contributed by atoms with van der Waals surface area (Å²) >= 11 is 1.65. The average Bonchev–Trinajstić information content (AvgIpc) is 3.03. The Morgan fingerprint density at radius 3 is 2.91 bits per heavy atom. The van der Waals surface area contributed by atoms with Crippen LogP contribution in [0.2, 0.25) is 0 Å². The van der Waals surface area contributed by atoms with Gasteiger partial charge >= 0.3 is 0 Å². The highest BCUT2D eigenvalue weighted by Crippen LogP contribution is 2.30.